The van der Waals surface area contributed by atoms with E-state index in [2.05, 4.69) is 5.32 Å². The minimum absolute atomic E-state index is 0.0412. The number of amides is 1. The van der Waals surface area contributed by atoms with Crippen LogP contribution in [0.2, 0.25) is 10.0 Å². The van der Waals surface area contributed by atoms with Gasteiger partial charge in [0.05, 0.1) is 16.1 Å². The lowest BCUT2D eigenvalue weighted by molar-refractivity contribution is -0.139. The van der Waals surface area contributed by atoms with Crippen molar-refractivity contribution in [2.75, 3.05) is 6.54 Å². The summed E-state index contributed by atoms with van der Waals surface area (Å²) in [7, 11) is 0. The van der Waals surface area contributed by atoms with Gasteiger partial charge in [0.25, 0.3) is 0 Å². The number of nitrogens with one attached hydrogen (secondary N) is 1. The number of aliphatic carboxylic acids is 1. The van der Waals surface area contributed by atoms with Gasteiger partial charge < -0.3 is 10.0 Å². The van der Waals surface area contributed by atoms with Crippen molar-refractivity contribution < 1.29 is 14.7 Å². The van der Waals surface area contributed by atoms with Gasteiger partial charge in [-0.3, -0.25) is 14.9 Å². The van der Waals surface area contributed by atoms with E-state index in [4.69, 9.17) is 28.3 Å². The van der Waals surface area contributed by atoms with Crippen LogP contribution in [0.1, 0.15) is 24.0 Å². The lowest BCUT2D eigenvalue weighted by Gasteiger charge is -2.31. The van der Waals surface area contributed by atoms with Gasteiger partial charge in [-0.1, -0.05) is 29.3 Å². The van der Waals surface area contributed by atoms with Crippen molar-refractivity contribution >= 4 is 35.1 Å². The van der Waals surface area contributed by atoms with Crippen LogP contribution in [0.25, 0.3) is 0 Å². The van der Waals surface area contributed by atoms with Crippen LogP contribution < -0.4 is 5.32 Å². The minimum Gasteiger partial charge on any atom is -0.480 e. The molecule has 2 heterocycles. The highest BCUT2D eigenvalue weighted by Gasteiger charge is 2.36. The van der Waals surface area contributed by atoms with E-state index in [1.807, 2.05) is 6.07 Å². The molecule has 5 nitrogen and oxygen atoms in total. The van der Waals surface area contributed by atoms with Crippen LogP contribution in [0, 0.1) is 0 Å². The van der Waals surface area contributed by atoms with Crippen LogP contribution in [0.15, 0.2) is 12.1 Å². The van der Waals surface area contributed by atoms with E-state index < -0.39 is 18.1 Å². The first-order valence-corrected chi connectivity index (χ1v) is 7.96. The molecule has 0 spiro atoms. The molecule has 118 valence electrons. The SMILES string of the molecule is O=C(O)[C@@H]1CC[C@H](C(=O)N2CCc3c(ccc(Cl)c3Cl)C2)N1. The van der Waals surface area contributed by atoms with Gasteiger partial charge in [-0.25, -0.2) is 0 Å². The number of hydrogen-bond acceptors (Lipinski definition) is 3. The molecule has 0 unspecified atom stereocenters. The maximum absolute atomic E-state index is 12.5. The standard InChI is InChI=1S/C15H16Cl2N2O3/c16-10-2-1-8-7-19(6-5-9(8)13(10)17)14(20)11-3-4-12(18-11)15(21)22/h1-2,11-12,18H,3-7H2,(H,21,22)/t11-,12+/m1/s1. The van der Waals surface area contributed by atoms with Crippen molar-refractivity contribution in [2.24, 2.45) is 0 Å². The average molecular weight is 343 g/mol. The van der Waals surface area contributed by atoms with Crippen LogP contribution in [0.3, 0.4) is 0 Å². The van der Waals surface area contributed by atoms with E-state index in [1.54, 1.807) is 11.0 Å². The molecular formula is C15H16Cl2N2O3. The molecule has 1 saturated heterocycles. The molecular weight excluding hydrogens is 327 g/mol. The molecule has 7 heteroatoms. The fraction of sp³-hybridized carbons (Fsp3) is 0.467. The Bertz CT molecular complexity index is 635. The molecule has 1 fully saturated rings. The summed E-state index contributed by atoms with van der Waals surface area (Å²) in [6, 6.07) is 2.60. The molecule has 0 aromatic heterocycles. The second-order valence-electron chi connectivity index (χ2n) is 5.70. The molecule has 0 radical (unpaired) electrons. The number of rotatable bonds is 2. The molecule has 2 N–H and O–H groups in total. The first-order valence-electron chi connectivity index (χ1n) is 7.20. The number of carboxylic acids is 1. The first-order chi connectivity index (χ1) is 10.5. The zero-order valence-electron chi connectivity index (χ0n) is 11.8. The molecule has 1 amide bonds. The van der Waals surface area contributed by atoms with E-state index in [1.165, 1.54) is 0 Å². The number of fused-ring (bicyclic) bond motifs is 1. The number of carbonyl (C=O) groups excluding carboxylic acids is 1. The van der Waals surface area contributed by atoms with Crippen molar-refractivity contribution in [3.05, 3.63) is 33.3 Å². The number of halogens is 2. The third-order valence-corrected chi connectivity index (χ3v) is 5.18. The van der Waals surface area contributed by atoms with E-state index in [-0.39, 0.29) is 5.91 Å². The smallest absolute Gasteiger partial charge is 0.320 e. The van der Waals surface area contributed by atoms with Crippen LogP contribution in [-0.4, -0.2) is 40.5 Å². The number of benzene rings is 1. The second-order valence-corrected chi connectivity index (χ2v) is 6.48. The third-order valence-electron chi connectivity index (χ3n) is 4.34. The fourth-order valence-electron chi connectivity index (χ4n) is 3.12. The Labute approximate surface area is 138 Å². The van der Waals surface area contributed by atoms with Gasteiger partial charge in [-0.05, 0) is 36.5 Å². The minimum atomic E-state index is -0.902. The van der Waals surface area contributed by atoms with Gasteiger partial charge in [0.1, 0.15) is 6.04 Å². The maximum atomic E-state index is 12.5. The van der Waals surface area contributed by atoms with E-state index in [0.717, 1.165) is 11.1 Å². The van der Waals surface area contributed by atoms with E-state index in [0.29, 0.717) is 42.4 Å². The molecule has 0 saturated carbocycles. The molecule has 22 heavy (non-hydrogen) atoms. The van der Waals surface area contributed by atoms with E-state index >= 15 is 0 Å². The number of carboxylic acid groups (broad SMARTS) is 1. The average Bonchev–Trinajstić information content (AvgIpc) is 3.00. The van der Waals surface area contributed by atoms with Gasteiger partial charge in [-0.15, -0.1) is 0 Å². The molecule has 3 rings (SSSR count). The zero-order chi connectivity index (χ0) is 15.9. The summed E-state index contributed by atoms with van der Waals surface area (Å²) < 4.78 is 0. The Morgan fingerprint density at radius 2 is 1.95 bits per heavy atom. The Kier molecular flexibility index (Phi) is 4.30. The summed E-state index contributed by atoms with van der Waals surface area (Å²) in [6.07, 6.45) is 1.70. The van der Waals surface area contributed by atoms with Crippen molar-refractivity contribution in [1.29, 1.82) is 0 Å². The highest BCUT2D eigenvalue weighted by molar-refractivity contribution is 6.42. The summed E-state index contributed by atoms with van der Waals surface area (Å²) in [5, 5.41) is 13.0. The second kappa shape index (κ2) is 6.07. The molecule has 1 aromatic carbocycles. The normalized spacial score (nSPS) is 24.2. The van der Waals surface area contributed by atoms with Crippen molar-refractivity contribution in [3.63, 3.8) is 0 Å². The van der Waals surface area contributed by atoms with E-state index in [9.17, 15) is 9.59 Å². The quantitative estimate of drug-likeness (QED) is 0.863. The molecule has 2 aliphatic rings. The lowest BCUT2D eigenvalue weighted by Crippen LogP contribution is -2.48. The fourth-order valence-corrected chi connectivity index (χ4v) is 3.58. The molecule has 2 atom stereocenters. The number of carbonyl (C=O) groups is 2. The highest BCUT2D eigenvalue weighted by Crippen LogP contribution is 2.32. The van der Waals surface area contributed by atoms with Gasteiger partial charge in [0, 0.05) is 13.1 Å². The third kappa shape index (κ3) is 2.81. The zero-order valence-corrected chi connectivity index (χ0v) is 13.3. The van der Waals surface area contributed by atoms with Crippen molar-refractivity contribution in [1.82, 2.24) is 10.2 Å². The first kappa shape index (κ1) is 15.6. The monoisotopic (exact) mass is 342 g/mol. The molecule has 0 aliphatic carbocycles. The van der Waals surface area contributed by atoms with Gasteiger partial charge in [0.15, 0.2) is 0 Å². The van der Waals surface area contributed by atoms with Crippen molar-refractivity contribution in [3.8, 4) is 0 Å². The number of nitrogens with zero attached hydrogens (tertiary/aromatic N) is 1. The molecule has 0 bridgehead atoms. The topological polar surface area (TPSA) is 69.6 Å². The van der Waals surface area contributed by atoms with Crippen LogP contribution in [0.4, 0.5) is 0 Å². The van der Waals surface area contributed by atoms with Gasteiger partial charge in [0.2, 0.25) is 5.91 Å². The van der Waals surface area contributed by atoms with Crippen LogP contribution in [0.5, 0.6) is 0 Å². The van der Waals surface area contributed by atoms with Crippen LogP contribution >= 0.6 is 23.2 Å². The summed E-state index contributed by atoms with van der Waals surface area (Å²) in [5.74, 6) is -0.943. The summed E-state index contributed by atoms with van der Waals surface area (Å²) in [5.41, 5.74) is 2.00. The summed E-state index contributed by atoms with van der Waals surface area (Å²) in [6.45, 7) is 1.06. The van der Waals surface area contributed by atoms with Crippen LogP contribution in [-0.2, 0) is 22.6 Å². The molecule has 1 aromatic rings. The van der Waals surface area contributed by atoms with Crippen molar-refractivity contribution in [2.45, 2.75) is 37.9 Å². The molecule has 2 aliphatic heterocycles. The largest absolute Gasteiger partial charge is 0.480 e. The van der Waals surface area contributed by atoms with Gasteiger partial charge in [-0.2, -0.15) is 0 Å². The Hall–Kier alpha value is -1.30. The Balaban J connectivity index is 1.71. The predicted octanol–water partition coefficient (Wildman–Crippen LogP) is 2.08. The lowest BCUT2D eigenvalue weighted by atomic mass is 9.99. The Morgan fingerprint density at radius 3 is 2.64 bits per heavy atom. The Morgan fingerprint density at radius 1 is 1.23 bits per heavy atom. The number of hydrogen-bond donors (Lipinski definition) is 2. The summed E-state index contributed by atoms with van der Waals surface area (Å²) >= 11 is 12.2. The highest BCUT2D eigenvalue weighted by atomic mass is 35.5. The van der Waals surface area contributed by atoms with Gasteiger partial charge >= 0.3 is 5.97 Å². The maximum Gasteiger partial charge on any atom is 0.320 e. The predicted molar refractivity (Wildman–Crippen MR) is 83.2 cm³/mol. The summed E-state index contributed by atoms with van der Waals surface area (Å²) in [4.78, 5) is 25.3.